The summed E-state index contributed by atoms with van der Waals surface area (Å²) in [4.78, 5) is 0. The number of nitrogens with zero attached hydrogens (tertiary/aromatic N) is 4. The lowest BCUT2D eigenvalue weighted by atomic mass is 10.2. The first-order valence-corrected chi connectivity index (χ1v) is 5.18. The van der Waals surface area contributed by atoms with Crippen molar-refractivity contribution < 1.29 is 13.2 Å². The topological polar surface area (TPSA) is 47.7 Å². The van der Waals surface area contributed by atoms with E-state index in [0.29, 0.717) is 5.69 Å². The molecule has 19 heavy (non-hydrogen) atoms. The molecule has 0 bridgehead atoms. The molecule has 2 aromatic rings. The lowest BCUT2D eigenvalue weighted by Crippen LogP contribution is -2.11. The van der Waals surface area contributed by atoms with Crippen LogP contribution in [0.25, 0.3) is 0 Å². The van der Waals surface area contributed by atoms with E-state index >= 15 is 0 Å². The number of alkyl halides is 3. The largest absolute Gasteiger partial charge is 0.435 e. The Morgan fingerprint density at radius 3 is 2.42 bits per heavy atom. The van der Waals surface area contributed by atoms with Gasteiger partial charge in [0.25, 0.3) is 0 Å². The van der Waals surface area contributed by atoms with E-state index < -0.39 is 11.9 Å². The molecule has 0 atom stereocenters. The van der Waals surface area contributed by atoms with Crippen LogP contribution in [0.2, 0.25) is 0 Å². The van der Waals surface area contributed by atoms with Gasteiger partial charge >= 0.3 is 6.18 Å². The van der Waals surface area contributed by atoms with Gasteiger partial charge in [0.1, 0.15) is 0 Å². The summed E-state index contributed by atoms with van der Waals surface area (Å²) in [5, 5.41) is 10.2. The molecule has 5 nitrogen and oxygen atoms in total. The second-order valence-electron chi connectivity index (χ2n) is 3.93. The lowest BCUT2D eigenvalue weighted by molar-refractivity contribution is -0.142. The third-order valence-corrected chi connectivity index (χ3v) is 2.36. The molecule has 0 aliphatic rings. The minimum Gasteiger partial charge on any atom is -0.378 e. The van der Waals surface area contributed by atoms with Crippen molar-refractivity contribution in [3.05, 3.63) is 29.8 Å². The van der Waals surface area contributed by atoms with Gasteiger partial charge in [-0.3, -0.25) is 9.36 Å². The van der Waals surface area contributed by atoms with E-state index in [1.54, 1.807) is 24.1 Å². The Labute approximate surface area is 113 Å². The zero-order chi connectivity index (χ0) is 13.3. The summed E-state index contributed by atoms with van der Waals surface area (Å²) in [6.45, 7) is 0.0500. The highest BCUT2D eigenvalue weighted by Crippen LogP contribution is 2.30. The third-order valence-electron chi connectivity index (χ3n) is 2.36. The van der Waals surface area contributed by atoms with E-state index in [1.165, 1.54) is 13.2 Å². The van der Waals surface area contributed by atoms with E-state index in [-0.39, 0.29) is 24.5 Å². The summed E-state index contributed by atoms with van der Waals surface area (Å²) >= 11 is 0. The highest BCUT2D eigenvalue weighted by Gasteiger charge is 2.36. The van der Waals surface area contributed by atoms with Crippen molar-refractivity contribution in [2.45, 2.75) is 12.7 Å². The number of hydrogen-bond acceptors (Lipinski definition) is 3. The molecule has 2 rings (SSSR count). The lowest BCUT2D eigenvalue weighted by Gasteiger charge is -2.06. The molecule has 2 aromatic heterocycles. The van der Waals surface area contributed by atoms with Gasteiger partial charge in [-0.2, -0.15) is 23.4 Å². The molecule has 106 valence electrons. The van der Waals surface area contributed by atoms with Gasteiger partial charge < -0.3 is 5.32 Å². The Bertz CT molecular complexity index is 546. The number of aryl methyl sites for hydroxylation is 2. The van der Waals surface area contributed by atoms with Crippen molar-refractivity contribution in [1.82, 2.24) is 19.6 Å². The number of hydrogen-bond donors (Lipinski definition) is 1. The molecule has 0 radical (unpaired) electrons. The van der Waals surface area contributed by atoms with E-state index in [2.05, 4.69) is 15.5 Å². The van der Waals surface area contributed by atoms with Crippen molar-refractivity contribution in [3.63, 3.8) is 0 Å². The Hall–Kier alpha value is -1.70. The molecule has 0 aliphatic heterocycles. The number of aromatic nitrogens is 4. The van der Waals surface area contributed by atoms with Gasteiger partial charge in [0.15, 0.2) is 5.69 Å². The van der Waals surface area contributed by atoms with Crippen LogP contribution in [0.5, 0.6) is 0 Å². The van der Waals surface area contributed by atoms with Crippen molar-refractivity contribution in [2.75, 3.05) is 5.32 Å². The summed E-state index contributed by atoms with van der Waals surface area (Å²) in [7, 11) is 3.19. The van der Waals surface area contributed by atoms with Crippen LogP contribution in [0, 0.1) is 0 Å². The summed E-state index contributed by atoms with van der Waals surface area (Å²) in [6.07, 6.45) is 0.146. The standard InChI is InChI=1S/C10H12F3N5.ClH/c1-17-6-8(4-15-17)14-3-7-5-18(2)16-9(7)10(11,12)13;/h4-6,14H,3H2,1-2H3;1H. The number of halogens is 4. The second-order valence-corrected chi connectivity index (χ2v) is 3.93. The van der Waals surface area contributed by atoms with Crippen LogP contribution in [0.1, 0.15) is 11.3 Å². The summed E-state index contributed by atoms with van der Waals surface area (Å²) in [6, 6.07) is 0. The van der Waals surface area contributed by atoms with Crippen LogP contribution >= 0.6 is 12.4 Å². The van der Waals surface area contributed by atoms with Crippen LogP contribution in [0.4, 0.5) is 18.9 Å². The molecule has 9 heteroatoms. The first-order chi connectivity index (χ1) is 8.36. The summed E-state index contributed by atoms with van der Waals surface area (Å²) in [5.41, 5.74) is -0.0929. The van der Waals surface area contributed by atoms with Gasteiger partial charge in [-0.25, -0.2) is 0 Å². The van der Waals surface area contributed by atoms with Gasteiger partial charge in [0.2, 0.25) is 0 Å². The molecule has 0 aromatic carbocycles. The Morgan fingerprint density at radius 1 is 1.21 bits per heavy atom. The number of anilines is 1. The highest BCUT2D eigenvalue weighted by atomic mass is 35.5. The Kier molecular flexibility index (Phi) is 4.46. The molecule has 0 amide bonds. The van der Waals surface area contributed by atoms with Crippen molar-refractivity contribution in [3.8, 4) is 0 Å². The van der Waals surface area contributed by atoms with E-state index in [1.807, 2.05) is 0 Å². The predicted molar refractivity (Wildman–Crippen MR) is 66.0 cm³/mol. The maximum Gasteiger partial charge on any atom is 0.435 e. The molecule has 0 saturated heterocycles. The number of nitrogens with one attached hydrogen (secondary N) is 1. The molecule has 0 aliphatic carbocycles. The van der Waals surface area contributed by atoms with Crippen molar-refractivity contribution >= 4 is 18.1 Å². The monoisotopic (exact) mass is 295 g/mol. The zero-order valence-electron chi connectivity index (χ0n) is 10.3. The first kappa shape index (κ1) is 15.4. The predicted octanol–water partition coefficient (Wildman–Crippen LogP) is 2.21. The average Bonchev–Trinajstić information content (AvgIpc) is 2.81. The molecule has 0 spiro atoms. The van der Waals surface area contributed by atoms with E-state index in [0.717, 1.165) is 4.68 Å². The van der Waals surface area contributed by atoms with Crippen LogP contribution < -0.4 is 5.32 Å². The third kappa shape index (κ3) is 3.63. The van der Waals surface area contributed by atoms with Crippen LogP contribution in [-0.4, -0.2) is 19.6 Å². The quantitative estimate of drug-likeness (QED) is 0.944. The molecule has 0 saturated carbocycles. The van der Waals surface area contributed by atoms with E-state index in [9.17, 15) is 13.2 Å². The Morgan fingerprint density at radius 2 is 1.89 bits per heavy atom. The minimum absolute atomic E-state index is 0. The fourth-order valence-electron chi connectivity index (χ4n) is 1.62. The first-order valence-electron chi connectivity index (χ1n) is 5.18. The van der Waals surface area contributed by atoms with Gasteiger partial charge in [-0.15, -0.1) is 12.4 Å². The summed E-state index contributed by atoms with van der Waals surface area (Å²) < 4.78 is 40.7. The van der Waals surface area contributed by atoms with Gasteiger partial charge in [-0.1, -0.05) is 0 Å². The molecule has 0 fully saturated rings. The van der Waals surface area contributed by atoms with Crippen LogP contribution in [-0.2, 0) is 26.8 Å². The molecular formula is C10H13ClF3N5. The van der Waals surface area contributed by atoms with E-state index in [4.69, 9.17) is 0 Å². The maximum atomic E-state index is 12.7. The fraction of sp³-hybridized carbons (Fsp3) is 0.400. The SMILES string of the molecule is Cl.Cn1cc(NCc2cn(C)nc2C(F)(F)F)cn1. The smallest absolute Gasteiger partial charge is 0.378 e. The molecule has 2 heterocycles. The Balaban J connectivity index is 0.00000180. The molecule has 1 N–H and O–H groups in total. The second kappa shape index (κ2) is 5.52. The number of rotatable bonds is 3. The van der Waals surface area contributed by atoms with Crippen LogP contribution in [0.15, 0.2) is 18.6 Å². The molecule has 0 unspecified atom stereocenters. The molecular weight excluding hydrogens is 283 g/mol. The van der Waals surface area contributed by atoms with Crippen LogP contribution in [0.3, 0.4) is 0 Å². The fourth-order valence-corrected chi connectivity index (χ4v) is 1.62. The average molecular weight is 296 g/mol. The van der Waals surface area contributed by atoms with Gasteiger partial charge in [0.05, 0.1) is 11.9 Å². The zero-order valence-corrected chi connectivity index (χ0v) is 11.1. The van der Waals surface area contributed by atoms with Gasteiger partial charge in [-0.05, 0) is 0 Å². The maximum absolute atomic E-state index is 12.7. The van der Waals surface area contributed by atoms with Crippen molar-refractivity contribution in [1.29, 1.82) is 0 Å². The summed E-state index contributed by atoms with van der Waals surface area (Å²) in [5.74, 6) is 0. The highest BCUT2D eigenvalue weighted by molar-refractivity contribution is 5.85. The van der Waals surface area contributed by atoms with Gasteiger partial charge in [0, 0.05) is 38.6 Å². The minimum atomic E-state index is -4.44. The normalized spacial score (nSPS) is 11.2. The van der Waals surface area contributed by atoms with Crippen molar-refractivity contribution in [2.24, 2.45) is 14.1 Å².